The summed E-state index contributed by atoms with van der Waals surface area (Å²) in [6.07, 6.45) is 3.44. The molecule has 0 bridgehead atoms. The normalized spacial score (nSPS) is 10.8. The SMILES string of the molecule is COc1cccc(C(=O)N/N=C\c2cn(-c3ccccc3)nc2-c2ccccc2OC)c1. The average Bonchev–Trinajstić information content (AvgIpc) is 3.28. The predicted molar refractivity (Wildman–Crippen MR) is 124 cm³/mol. The van der Waals surface area contributed by atoms with Crippen molar-refractivity contribution in [1.82, 2.24) is 15.2 Å². The number of rotatable bonds is 7. The second-order valence-corrected chi connectivity index (χ2v) is 6.84. The summed E-state index contributed by atoms with van der Waals surface area (Å²) in [4.78, 5) is 12.5. The molecule has 0 aliphatic rings. The molecule has 3 aromatic carbocycles. The van der Waals surface area contributed by atoms with Gasteiger partial charge >= 0.3 is 0 Å². The summed E-state index contributed by atoms with van der Waals surface area (Å²) in [5, 5.41) is 8.92. The van der Waals surface area contributed by atoms with Gasteiger partial charge in [-0.25, -0.2) is 10.1 Å². The Morgan fingerprint density at radius 2 is 1.75 bits per heavy atom. The van der Waals surface area contributed by atoms with Crippen molar-refractivity contribution in [3.8, 4) is 28.4 Å². The first kappa shape index (κ1) is 20.9. The van der Waals surface area contributed by atoms with Crippen LogP contribution >= 0.6 is 0 Å². The fourth-order valence-electron chi connectivity index (χ4n) is 3.23. The van der Waals surface area contributed by atoms with Crippen LogP contribution in [0.1, 0.15) is 15.9 Å². The monoisotopic (exact) mass is 426 g/mol. The van der Waals surface area contributed by atoms with E-state index in [1.54, 1.807) is 49.4 Å². The van der Waals surface area contributed by atoms with Crippen LogP contribution in [0.3, 0.4) is 0 Å². The zero-order valence-corrected chi connectivity index (χ0v) is 17.7. The number of nitrogens with zero attached hydrogens (tertiary/aromatic N) is 3. The fraction of sp³-hybridized carbons (Fsp3) is 0.0800. The number of aromatic nitrogens is 2. The van der Waals surface area contributed by atoms with Gasteiger partial charge in [0, 0.05) is 22.9 Å². The Labute approximate surface area is 185 Å². The van der Waals surface area contributed by atoms with E-state index in [9.17, 15) is 4.79 Å². The summed E-state index contributed by atoms with van der Waals surface area (Å²) in [6.45, 7) is 0. The third kappa shape index (κ3) is 4.52. The Morgan fingerprint density at radius 1 is 0.969 bits per heavy atom. The maximum Gasteiger partial charge on any atom is 0.271 e. The highest BCUT2D eigenvalue weighted by Gasteiger charge is 2.15. The summed E-state index contributed by atoms with van der Waals surface area (Å²) < 4.78 is 12.5. The lowest BCUT2D eigenvalue weighted by molar-refractivity contribution is 0.0955. The Morgan fingerprint density at radius 3 is 2.53 bits per heavy atom. The van der Waals surface area contributed by atoms with Gasteiger partial charge in [-0.1, -0.05) is 36.4 Å². The van der Waals surface area contributed by atoms with Crippen LogP contribution in [0.25, 0.3) is 16.9 Å². The topological polar surface area (TPSA) is 77.7 Å². The molecule has 7 heteroatoms. The standard InChI is InChI=1S/C25H22N4O3/c1-31-21-12-8-9-18(15-21)25(30)27-26-16-19-17-29(20-10-4-3-5-11-20)28-24(19)22-13-6-7-14-23(22)32-2/h3-17H,1-2H3,(H,27,30)/b26-16-. The first-order chi connectivity index (χ1) is 15.7. The lowest BCUT2D eigenvalue weighted by Crippen LogP contribution is -2.17. The van der Waals surface area contributed by atoms with Gasteiger partial charge in [0.15, 0.2) is 0 Å². The molecule has 160 valence electrons. The van der Waals surface area contributed by atoms with Crippen LogP contribution in [0, 0.1) is 0 Å². The van der Waals surface area contributed by atoms with Gasteiger partial charge in [0.1, 0.15) is 17.2 Å². The van der Waals surface area contributed by atoms with Gasteiger partial charge in [0.05, 0.1) is 26.1 Å². The van der Waals surface area contributed by atoms with E-state index in [0.29, 0.717) is 22.8 Å². The minimum atomic E-state index is -0.338. The maximum atomic E-state index is 12.5. The lowest BCUT2D eigenvalue weighted by Gasteiger charge is -2.06. The van der Waals surface area contributed by atoms with E-state index in [0.717, 1.165) is 16.8 Å². The Balaban J connectivity index is 1.66. The highest BCUT2D eigenvalue weighted by atomic mass is 16.5. The number of amides is 1. The molecule has 0 atom stereocenters. The van der Waals surface area contributed by atoms with E-state index < -0.39 is 0 Å². The Hall–Kier alpha value is -4.39. The van der Waals surface area contributed by atoms with Crippen LogP contribution in [-0.4, -0.2) is 36.1 Å². The van der Waals surface area contributed by atoms with Gasteiger partial charge in [-0.3, -0.25) is 4.79 Å². The number of methoxy groups -OCH3 is 2. The first-order valence-corrected chi connectivity index (χ1v) is 9.95. The van der Waals surface area contributed by atoms with Gasteiger partial charge in [-0.15, -0.1) is 0 Å². The highest BCUT2D eigenvalue weighted by molar-refractivity contribution is 5.96. The van der Waals surface area contributed by atoms with Gasteiger partial charge in [0.2, 0.25) is 0 Å². The van der Waals surface area contributed by atoms with Crippen LogP contribution in [0.5, 0.6) is 11.5 Å². The molecule has 0 fully saturated rings. The van der Waals surface area contributed by atoms with Crippen molar-refractivity contribution in [1.29, 1.82) is 0 Å². The number of para-hydroxylation sites is 2. The smallest absolute Gasteiger partial charge is 0.271 e. The molecule has 0 aliphatic carbocycles. The molecule has 0 radical (unpaired) electrons. The quantitative estimate of drug-likeness (QED) is 0.353. The molecule has 32 heavy (non-hydrogen) atoms. The number of nitrogens with one attached hydrogen (secondary N) is 1. The molecule has 0 saturated heterocycles. The van der Waals surface area contributed by atoms with Crippen molar-refractivity contribution < 1.29 is 14.3 Å². The van der Waals surface area contributed by atoms with Gasteiger partial charge < -0.3 is 9.47 Å². The minimum Gasteiger partial charge on any atom is -0.497 e. The Bertz CT molecular complexity index is 1250. The summed E-state index contributed by atoms with van der Waals surface area (Å²) in [5.74, 6) is 0.958. The van der Waals surface area contributed by atoms with E-state index in [4.69, 9.17) is 14.6 Å². The maximum absolute atomic E-state index is 12.5. The molecule has 1 amide bonds. The van der Waals surface area contributed by atoms with E-state index in [1.165, 1.54) is 0 Å². The summed E-state index contributed by atoms with van der Waals surface area (Å²) in [5.41, 5.74) is 6.15. The number of hydrazone groups is 1. The zero-order chi connectivity index (χ0) is 22.3. The summed E-state index contributed by atoms with van der Waals surface area (Å²) in [6, 6.07) is 24.3. The molecule has 7 nitrogen and oxygen atoms in total. The van der Waals surface area contributed by atoms with Crippen molar-refractivity contribution in [2.45, 2.75) is 0 Å². The number of hydrogen-bond donors (Lipinski definition) is 1. The third-order valence-electron chi connectivity index (χ3n) is 4.83. The minimum absolute atomic E-state index is 0.338. The van der Waals surface area contributed by atoms with Crippen molar-refractivity contribution in [3.05, 3.63) is 96.2 Å². The third-order valence-corrected chi connectivity index (χ3v) is 4.83. The second kappa shape index (κ2) is 9.61. The van der Waals surface area contributed by atoms with Crippen LogP contribution in [0.2, 0.25) is 0 Å². The van der Waals surface area contributed by atoms with Crippen LogP contribution < -0.4 is 14.9 Å². The van der Waals surface area contributed by atoms with E-state index >= 15 is 0 Å². The van der Waals surface area contributed by atoms with Crippen molar-refractivity contribution in [2.75, 3.05) is 14.2 Å². The molecule has 4 rings (SSSR count). The summed E-state index contributed by atoms with van der Waals surface area (Å²) in [7, 11) is 3.17. The van der Waals surface area contributed by atoms with Crippen LogP contribution in [0.15, 0.2) is 90.2 Å². The molecule has 0 saturated carbocycles. The van der Waals surface area contributed by atoms with Gasteiger partial charge in [-0.05, 0) is 42.5 Å². The lowest BCUT2D eigenvalue weighted by atomic mass is 10.1. The van der Waals surface area contributed by atoms with E-state index in [2.05, 4.69) is 10.5 Å². The number of carbonyl (C=O) groups excluding carboxylic acids is 1. The van der Waals surface area contributed by atoms with E-state index in [-0.39, 0.29) is 5.91 Å². The Kier molecular flexibility index (Phi) is 6.27. The molecular weight excluding hydrogens is 404 g/mol. The first-order valence-electron chi connectivity index (χ1n) is 9.95. The molecule has 1 heterocycles. The van der Waals surface area contributed by atoms with Crippen LogP contribution in [-0.2, 0) is 0 Å². The van der Waals surface area contributed by atoms with Gasteiger partial charge in [0.25, 0.3) is 5.91 Å². The predicted octanol–water partition coefficient (Wildman–Crippen LogP) is 4.32. The van der Waals surface area contributed by atoms with Crippen molar-refractivity contribution in [2.24, 2.45) is 5.10 Å². The van der Waals surface area contributed by atoms with E-state index in [1.807, 2.05) is 60.8 Å². The highest BCUT2D eigenvalue weighted by Crippen LogP contribution is 2.31. The van der Waals surface area contributed by atoms with Gasteiger partial charge in [-0.2, -0.15) is 10.2 Å². The number of hydrogen-bond acceptors (Lipinski definition) is 5. The fourth-order valence-corrected chi connectivity index (χ4v) is 3.23. The number of benzene rings is 3. The molecule has 4 aromatic rings. The average molecular weight is 426 g/mol. The van der Waals surface area contributed by atoms with Crippen LogP contribution in [0.4, 0.5) is 0 Å². The molecule has 0 aliphatic heterocycles. The van der Waals surface area contributed by atoms with Crippen molar-refractivity contribution in [3.63, 3.8) is 0 Å². The van der Waals surface area contributed by atoms with Crippen molar-refractivity contribution >= 4 is 12.1 Å². The number of carbonyl (C=O) groups is 1. The molecule has 0 spiro atoms. The zero-order valence-electron chi connectivity index (χ0n) is 17.7. The number of ether oxygens (including phenoxy) is 2. The molecule has 0 unspecified atom stereocenters. The molecule has 1 aromatic heterocycles. The second-order valence-electron chi connectivity index (χ2n) is 6.84. The molecule has 1 N–H and O–H groups in total. The molecular formula is C25H22N4O3. The summed E-state index contributed by atoms with van der Waals surface area (Å²) >= 11 is 0. The largest absolute Gasteiger partial charge is 0.497 e.